The standard InChI is InChI=1S/C41H32N2/c1-42(41-18-10-16-35-15-8-9-17-40(35)41)36-27-29-39(30-28-36)43(37-23-19-33(20-24-37)31-11-4-2-5-12-31)38-25-21-34(22-26-38)32-13-6-3-7-14-32/h2-30H,1H3. The van der Waals surface area contributed by atoms with Crippen molar-refractivity contribution in [3.8, 4) is 22.3 Å². The third-order valence-corrected chi connectivity index (χ3v) is 8.09. The first-order valence-corrected chi connectivity index (χ1v) is 14.7. The molecule has 0 aliphatic rings. The molecule has 0 aromatic heterocycles. The molecular weight excluding hydrogens is 520 g/mol. The Bertz CT molecular complexity index is 1860. The quantitative estimate of drug-likeness (QED) is 0.194. The molecule has 7 aromatic carbocycles. The van der Waals surface area contributed by atoms with Crippen LogP contribution in [0.5, 0.6) is 0 Å². The van der Waals surface area contributed by atoms with Crippen molar-refractivity contribution >= 4 is 39.2 Å². The Labute approximate surface area is 253 Å². The molecule has 206 valence electrons. The first-order valence-electron chi connectivity index (χ1n) is 14.7. The molecule has 0 unspecified atom stereocenters. The Kier molecular flexibility index (Phi) is 7.17. The summed E-state index contributed by atoms with van der Waals surface area (Å²) < 4.78 is 0. The zero-order valence-corrected chi connectivity index (χ0v) is 24.1. The summed E-state index contributed by atoms with van der Waals surface area (Å²) >= 11 is 0. The fourth-order valence-electron chi connectivity index (χ4n) is 5.78. The van der Waals surface area contributed by atoms with E-state index in [0.717, 1.165) is 22.7 Å². The summed E-state index contributed by atoms with van der Waals surface area (Å²) in [5.74, 6) is 0. The average molecular weight is 553 g/mol. The molecule has 43 heavy (non-hydrogen) atoms. The summed E-state index contributed by atoms with van der Waals surface area (Å²) in [6, 6.07) is 62.6. The van der Waals surface area contributed by atoms with Crippen LogP contribution < -0.4 is 9.80 Å². The van der Waals surface area contributed by atoms with E-state index in [1.807, 2.05) is 0 Å². The van der Waals surface area contributed by atoms with Crippen molar-refractivity contribution in [3.05, 3.63) is 176 Å². The van der Waals surface area contributed by atoms with Crippen molar-refractivity contribution in [2.75, 3.05) is 16.8 Å². The summed E-state index contributed by atoms with van der Waals surface area (Å²) in [6.45, 7) is 0. The lowest BCUT2D eigenvalue weighted by Crippen LogP contribution is -2.12. The van der Waals surface area contributed by atoms with Crippen LogP contribution in [0.2, 0.25) is 0 Å². The van der Waals surface area contributed by atoms with Crippen LogP contribution in [-0.2, 0) is 0 Å². The molecule has 0 aliphatic carbocycles. The number of hydrogen-bond donors (Lipinski definition) is 0. The SMILES string of the molecule is CN(c1ccc(N(c2ccc(-c3ccccc3)cc2)c2ccc(-c3ccccc3)cc2)cc1)c1cccc2ccccc12. The van der Waals surface area contributed by atoms with Gasteiger partial charge in [-0.2, -0.15) is 0 Å². The van der Waals surface area contributed by atoms with Gasteiger partial charge in [-0.05, 0) is 82.2 Å². The second kappa shape index (κ2) is 11.7. The third kappa shape index (κ3) is 5.39. The Morgan fingerprint density at radius 1 is 0.326 bits per heavy atom. The Hall–Kier alpha value is -5.60. The Balaban J connectivity index is 1.25. The van der Waals surface area contributed by atoms with Gasteiger partial charge in [0.1, 0.15) is 0 Å². The van der Waals surface area contributed by atoms with Gasteiger partial charge in [0, 0.05) is 40.9 Å². The Morgan fingerprint density at radius 3 is 1.26 bits per heavy atom. The predicted molar refractivity (Wildman–Crippen MR) is 184 cm³/mol. The number of anilines is 5. The normalized spacial score (nSPS) is 10.9. The van der Waals surface area contributed by atoms with Gasteiger partial charge in [0.2, 0.25) is 0 Å². The van der Waals surface area contributed by atoms with E-state index in [9.17, 15) is 0 Å². The molecular formula is C41H32N2. The summed E-state index contributed by atoms with van der Waals surface area (Å²) in [7, 11) is 2.14. The zero-order chi connectivity index (χ0) is 29.0. The molecule has 7 aromatic rings. The second-order valence-corrected chi connectivity index (χ2v) is 10.7. The minimum atomic E-state index is 1.11. The minimum Gasteiger partial charge on any atom is -0.344 e. The molecule has 0 N–H and O–H groups in total. The van der Waals surface area contributed by atoms with Crippen molar-refractivity contribution in [1.82, 2.24) is 0 Å². The van der Waals surface area contributed by atoms with Crippen LogP contribution in [0.25, 0.3) is 33.0 Å². The van der Waals surface area contributed by atoms with Gasteiger partial charge >= 0.3 is 0 Å². The van der Waals surface area contributed by atoms with Crippen LogP contribution in [-0.4, -0.2) is 7.05 Å². The smallest absolute Gasteiger partial charge is 0.0487 e. The van der Waals surface area contributed by atoms with E-state index in [2.05, 4.69) is 193 Å². The summed E-state index contributed by atoms with van der Waals surface area (Å²) in [5.41, 5.74) is 10.5. The summed E-state index contributed by atoms with van der Waals surface area (Å²) in [6.07, 6.45) is 0. The first-order chi connectivity index (χ1) is 21.2. The lowest BCUT2D eigenvalue weighted by molar-refractivity contribution is 1.21. The molecule has 0 spiro atoms. The van der Waals surface area contributed by atoms with E-state index < -0.39 is 0 Å². The lowest BCUT2D eigenvalue weighted by Gasteiger charge is -2.27. The maximum atomic E-state index is 2.32. The molecule has 0 atom stereocenters. The van der Waals surface area contributed by atoms with Crippen LogP contribution in [0.15, 0.2) is 176 Å². The molecule has 2 nitrogen and oxygen atoms in total. The van der Waals surface area contributed by atoms with Crippen molar-refractivity contribution in [1.29, 1.82) is 0 Å². The number of nitrogens with zero attached hydrogens (tertiary/aromatic N) is 2. The van der Waals surface area contributed by atoms with Crippen molar-refractivity contribution in [2.45, 2.75) is 0 Å². The van der Waals surface area contributed by atoms with E-state index in [1.165, 1.54) is 38.7 Å². The van der Waals surface area contributed by atoms with E-state index in [-0.39, 0.29) is 0 Å². The molecule has 2 heteroatoms. The van der Waals surface area contributed by atoms with Gasteiger partial charge in [0.15, 0.2) is 0 Å². The van der Waals surface area contributed by atoms with Gasteiger partial charge in [0.25, 0.3) is 0 Å². The minimum absolute atomic E-state index is 1.11. The maximum Gasteiger partial charge on any atom is 0.0487 e. The molecule has 0 heterocycles. The highest BCUT2D eigenvalue weighted by Gasteiger charge is 2.15. The highest BCUT2D eigenvalue weighted by molar-refractivity contribution is 5.96. The second-order valence-electron chi connectivity index (χ2n) is 10.7. The topological polar surface area (TPSA) is 6.48 Å². The zero-order valence-electron chi connectivity index (χ0n) is 24.1. The van der Waals surface area contributed by atoms with Crippen LogP contribution in [0.3, 0.4) is 0 Å². The number of rotatable bonds is 7. The molecule has 0 bridgehead atoms. The monoisotopic (exact) mass is 552 g/mol. The molecule has 0 amide bonds. The van der Waals surface area contributed by atoms with Gasteiger partial charge in [-0.3, -0.25) is 0 Å². The predicted octanol–water partition coefficient (Wildman–Crippen LogP) is 11.4. The third-order valence-electron chi connectivity index (χ3n) is 8.09. The van der Waals surface area contributed by atoms with E-state index in [0.29, 0.717) is 0 Å². The highest BCUT2D eigenvalue weighted by Crippen LogP contribution is 2.38. The summed E-state index contributed by atoms with van der Waals surface area (Å²) in [4.78, 5) is 4.59. The fourth-order valence-corrected chi connectivity index (χ4v) is 5.78. The summed E-state index contributed by atoms with van der Waals surface area (Å²) in [5, 5.41) is 2.49. The van der Waals surface area contributed by atoms with Crippen molar-refractivity contribution in [2.24, 2.45) is 0 Å². The van der Waals surface area contributed by atoms with Crippen LogP contribution >= 0.6 is 0 Å². The lowest BCUT2D eigenvalue weighted by atomic mass is 10.0. The molecule has 0 radical (unpaired) electrons. The van der Waals surface area contributed by atoms with Gasteiger partial charge in [-0.25, -0.2) is 0 Å². The maximum absolute atomic E-state index is 2.32. The molecule has 0 saturated heterocycles. The highest BCUT2D eigenvalue weighted by atomic mass is 15.1. The van der Waals surface area contributed by atoms with Crippen LogP contribution in [0, 0.1) is 0 Å². The molecule has 0 aliphatic heterocycles. The van der Waals surface area contributed by atoms with Gasteiger partial charge < -0.3 is 9.80 Å². The van der Waals surface area contributed by atoms with E-state index in [1.54, 1.807) is 0 Å². The fraction of sp³-hybridized carbons (Fsp3) is 0.0244. The van der Waals surface area contributed by atoms with Gasteiger partial charge in [0.05, 0.1) is 0 Å². The molecule has 0 saturated carbocycles. The number of hydrogen-bond acceptors (Lipinski definition) is 2. The van der Waals surface area contributed by atoms with Crippen molar-refractivity contribution in [3.63, 3.8) is 0 Å². The van der Waals surface area contributed by atoms with Crippen molar-refractivity contribution < 1.29 is 0 Å². The Morgan fingerprint density at radius 2 is 0.721 bits per heavy atom. The largest absolute Gasteiger partial charge is 0.344 e. The van der Waals surface area contributed by atoms with Crippen LogP contribution in [0.4, 0.5) is 28.4 Å². The molecule has 0 fully saturated rings. The molecule has 7 rings (SSSR count). The average Bonchev–Trinajstić information content (AvgIpc) is 3.09. The van der Waals surface area contributed by atoms with E-state index in [4.69, 9.17) is 0 Å². The number of benzene rings is 7. The number of fused-ring (bicyclic) bond motifs is 1. The van der Waals surface area contributed by atoms with Gasteiger partial charge in [-0.15, -0.1) is 0 Å². The van der Waals surface area contributed by atoms with Gasteiger partial charge in [-0.1, -0.05) is 121 Å². The first kappa shape index (κ1) is 26.3. The van der Waals surface area contributed by atoms with E-state index >= 15 is 0 Å². The van der Waals surface area contributed by atoms with Crippen LogP contribution in [0.1, 0.15) is 0 Å².